The molecule has 1 heterocycles. The molecule has 1 aliphatic heterocycles. The number of ether oxygens (including phenoxy) is 1. The fourth-order valence-electron chi connectivity index (χ4n) is 2.20. The molecular formula is C14H26BNO4. The Labute approximate surface area is 121 Å². The SMILES string of the molecule is CC(C)(C)OC(=O)N[C@H]1C[C@H]1B1OC(C)(C)C(C)(C)O1. The molecular weight excluding hydrogens is 257 g/mol. The highest BCUT2D eigenvalue weighted by atomic mass is 16.7. The van der Waals surface area contributed by atoms with Crippen molar-refractivity contribution >= 4 is 13.2 Å². The molecule has 0 spiro atoms. The van der Waals surface area contributed by atoms with Gasteiger partial charge in [-0.15, -0.1) is 0 Å². The maximum absolute atomic E-state index is 11.7. The molecule has 5 nitrogen and oxygen atoms in total. The van der Waals surface area contributed by atoms with Crippen molar-refractivity contribution in [2.45, 2.75) is 83.5 Å². The molecule has 2 fully saturated rings. The summed E-state index contributed by atoms with van der Waals surface area (Å²) in [5.41, 5.74) is -1.12. The summed E-state index contributed by atoms with van der Waals surface area (Å²) in [6.07, 6.45) is 0.498. The van der Waals surface area contributed by atoms with Gasteiger partial charge < -0.3 is 19.4 Å². The highest BCUT2D eigenvalue weighted by molar-refractivity contribution is 6.49. The molecule has 114 valence electrons. The Balaban J connectivity index is 1.83. The first-order valence-corrected chi connectivity index (χ1v) is 7.26. The van der Waals surface area contributed by atoms with Crippen LogP contribution in [0.3, 0.4) is 0 Å². The Morgan fingerprint density at radius 3 is 2.15 bits per heavy atom. The molecule has 1 saturated heterocycles. The number of alkyl carbamates (subject to hydrolysis) is 1. The number of carbonyl (C=O) groups is 1. The molecule has 1 aliphatic carbocycles. The molecule has 0 radical (unpaired) electrons. The number of nitrogens with one attached hydrogen (secondary N) is 1. The number of hydrogen-bond donors (Lipinski definition) is 1. The summed E-state index contributed by atoms with van der Waals surface area (Å²) in [6, 6.07) is 0.0829. The first-order chi connectivity index (χ1) is 8.91. The van der Waals surface area contributed by atoms with Crippen LogP contribution in [0.2, 0.25) is 5.82 Å². The van der Waals surface area contributed by atoms with Gasteiger partial charge in [-0.05, 0) is 54.9 Å². The predicted molar refractivity (Wildman–Crippen MR) is 77.6 cm³/mol. The maximum Gasteiger partial charge on any atom is 0.463 e. The normalized spacial score (nSPS) is 31.1. The van der Waals surface area contributed by atoms with Gasteiger partial charge in [-0.25, -0.2) is 4.79 Å². The Morgan fingerprint density at radius 1 is 1.20 bits per heavy atom. The van der Waals surface area contributed by atoms with Crippen LogP contribution in [0.25, 0.3) is 0 Å². The van der Waals surface area contributed by atoms with E-state index in [4.69, 9.17) is 14.0 Å². The second-order valence-corrected chi connectivity index (χ2v) is 7.78. The second kappa shape index (κ2) is 4.63. The lowest BCUT2D eigenvalue weighted by atomic mass is 9.82. The highest BCUT2D eigenvalue weighted by Gasteiger charge is 2.60. The summed E-state index contributed by atoms with van der Waals surface area (Å²) in [5.74, 6) is 0.212. The van der Waals surface area contributed by atoms with E-state index in [-0.39, 0.29) is 36.3 Å². The van der Waals surface area contributed by atoms with Gasteiger partial charge in [0.1, 0.15) is 5.60 Å². The highest BCUT2D eigenvalue weighted by Crippen LogP contribution is 2.48. The summed E-state index contributed by atoms with van der Waals surface area (Å²) in [5, 5.41) is 2.87. The first kappa shape index (κ1) is 15.6. The van der Waals surface area contributed by atoms with Crippen molar-refractivity contribution in [2.24, 2.45) is 0 Å². The van der Waals surface area contributed by atoms with Gasteiger partial charge in [0.15, 0.2) is 0 Å². The Kier molecular flexibility index (Phi) is 3.62. The van der Waals surface area contributed by atoms with Gasteiger partial charge in [0.2, 0.25) is 0 Å². The molecule has 20 heavy (non-hydrogen) atoms. The van der Waals surface area contributed by atoms with Crippen LogP contribution in [0, 0.1) is 0 Å². The largest absolute Gasteiger partial charge is 0.463 e. The van der Waals surface area contributed by atoms with E-state index in [9.17, 15) is 4.79 Å². The van der Waals surface area contributed by atoms with Crippen LogP contribution >= 0.6 is 0 Å². The van der Waals surface area contributed by atoms with Crippen LogP contribution in [-0.4, -0.2) is 36.1 Å². The van der Waals surface area contributed by atoms with Crippen molar-refractivity contribution in [3.05, 3.63) is 0 Å². The third-order valence-corrected chi connectivity index (χ3v) is 4.16. The fraction of sp³-hybridized carbons (Fsp3) is 0.929. The third kappa shape index (κ3) is 3.28. The molecule has 2 aliphatic rings. The Bertz CT molecular complexity index is 386. The van der Waals surface area contributed by atoms with Crippen molar-refractivity contribution in [3.63, 3.8) is 0 Å². The van der Waals surface area contributed by atoms with Crippen LogP contribution < -0.4 is 5.32 Å². The second-order valence-electron chi connectivity index (χ2n) is 7.78. The predicted octanol–water partition coefficient (Wildman–Crippen LogP) is 2.75. The molecule has 0 aromatic heterocycles. The molecule has 0 bridgehead atoms. The minimum Gasteiger partial charge on any atom is -0.444 e. The van der Waals surface area contributed by atoms with Gasteiger partial charge in [-0.3, -0.25) is 0 Å². The first-order valence-electron chi connectivity index (χ1n) is 7.26. The number of carbonyl (C=O) groups excluding carboxylic acids is 1. The summed E-state index contributed by atoms with van der Waals surface area (Å²) < 4.78 is 17.2. The summed E-state index contributed by atoms with van der Waals surface area (Å²) >= 11 is 0. The molecule has 2 rings (SSSR count). The van der Waals surface area contributed by atoms with E-state index in [1.54, 1.807) is 0 Å². The van der Waals surface area contributed by atoms with Gasteiger partial charge in [-0.1, -0.05) is 0 Å². The van der Waals surface area contributed by atoms with Crippen molar-refractivity contribution in [3.8, 4) is 0 Å². The molecule has 0 aromatic rings. The van der Waals surface area contributed by atoms with Gasteiger partial charge in [-0.2, -0.15) is 0 Å². The van der Waals surface area contributed by atoms with Crippen molar-refractivity contribution < 1.29 is 18.8 Å². The van der Waals surface area contributed by atoms with E-state index in [1.807, 2.05) is 48.5 Å². The quantitative estimate of drug-likeness (QED) is 0.792. The van der Waals surface area contributed by atoms with E-state index in [1.165, 1.54) is 0 Å². The molecule has 0 aromatic carbocycles. The van der Waals surface area contributed by atoms with E-state index in [0.717, 1.165) is 6.42 Å². The maximum atomic E-state index is 11.7. The van der Waals surface area contributed by atoms with Crippen LogP contribution in [0.1, 0.15) is 54.9 Å². The number of hydrogen-bond acceptors (Lipinski definition) is 4. The molecule has 2 atom stereocenters. The average molecular weight is 283 g/mol. The van der Waals surface area contributed by atoms with Crippen LogP contribution in [-0.2, 0) is 14.0 Å². The number of amides is 1. The summed E-state index contributed by atoms with van der Waals surface area (Å²) in [7, 11) is -0.250. The van der Waals surface area contributed by atoms with Crippen LogP contribution in [0.15, 0.2) is 0 Å². The average Bonchev–Trinajstić information content (AvgIpc) is 2.86. The van der Waals surface area contributed by atoms with Gasteiger partial charge in [0.25, 0.3) is 0 Å². The minimum atomic E-state index is -0.473. The van der Waals surface area contributed by atoms with Crippen molar-refractivity contribution in [1.82, 2.24) is 5.32 Å². The van der Waals surface area contributed by atoms with E-state index >= 15 is 0 Å². The lowest BCUT2D eigenvalue weighted by Crippen LogP contribution is -2.41. The standard InChI is InChI=1S/C14H26BNO4/c1-12(2,3)18-11(17)16-10-8-9(10)15-19-13(4,5)14(6,7)20-15/h9-10H,8H2,1-7H3,(H,16,17)/t9-,10+/m1/s1. The van der Waals surface area contributed by atoms with Gasteiger partial charge in [0.05, 0.1) is 11.2 Å². The molecule has 1 saturated carbocycles. The third-order valence-electron chi connectivity index (χ3n) is 4.16. The fourth-order valence-corrected chi connectivity index (χ4v) is 2.20. The van der Waals surface area contributed by atoms with E-state index in [0.29, 0.717) is 0 Å². The van der Waals surface area contributed by atoms with Gasteiger partial charge in [0, 0.05) is 11.9 Å². The van der Waals surface area contributed by atoms with Gasteiger partial charge >= 0.3 is 13.2 Å². The Hall–Kier alpha value is -0.745. The van der Waals surface area contributed by atoms with Crippen LogP contribution in [0.4, 0.5) is 4.79 Å². The zero-order valence-electron chi connectivity index (χ0n) is 13.6. The van der Waals surface area contributed by atoms with E-state index in [2.05, 4.69) is 5.32 Å². The minimum absolute atomic E-state index is 0.0829. The zero-order chi connectivity index (χ0) is 15.3. The summed E-state index contributed by atoms with van der Waals surface area (Å²) in [4.78, 5) is 11.7. The lowest BCUT2D eigenvalue weighted by molar-refractivity contribution is 0.00578. The van der Waals surface area contributed by atoms with E-state index < -0.39 is 5.60 Å². The lowest BCUT2D eigenvalue weighted by Gasteiger charge is -2.32. The molecule has 1 N–H and O–H groups in total. The Morgan fingerprint density at radius 2 is 1.70 bits per heavy atom. The molecule has 6 heteroatoms. The molecule has 1 amide bonds. The van der Waals surface area contributed by atoms with Crippen LogP contribution in [0.5, 0.6) is 0 Å². The molecule has 0 unspecified atom stereocenters. The monoisotopic (exact) mass is 283 g/mol. The topological polar surface area (TPSA) is 56.8 Å². The smallest absolute Gasteiger partial charge is 0.444 e. The zero-order valence-corrected chi connectivity index (χ0v) is 13.6. The summed E-state index contributed by atoms with van der Waals surface area (Å²) in [6.45, 7) is 13.7. The van der Waals surface area contributed by atoms with Crippen molar-refractivity contribution in [1.29, 1.82) is 0 Å². The van der Waals surface area contributed by atoms with Crippen molar-refractivity contribution in [2.75, 3.05) is 0 Å². The number of rotatable bonds is 2.